The van der Waals surface area contributed by atoms with Crippen molar-refractivity contribution in [1.29, 1.82) is 0 Å². The van der Waals surface area contributed by atoms with E-state index in [1.54, 1.807) is 18.2 Å². The third-order valence-corrected chi connectivity index (χ3v) is 8.76. The van der Waals surface area contributed by atoms with E-state index in [1.165, 1.54) is 6.21 Å². The van der Waals surface area contributed by atoms with E-state index in [-0.39, 0.29) is 48.0 Å². The fraction of sp³-hybridized carbons (Fsp3) is 0.308. The largest absolute Gasteiger partial charge is 0.490 e. The van der Waals surface area contributed by atoms with Gasteiger partial charge in [0.05, 0.1) is 29.1 Å². The molecule has 0 aromatic heterocycles. The fourth-order valence-corrected chi connectivity index (χ4v) is 6.01. The SMILES string of the molecule is CCOc1cc(C=NN2C(=O)[C@@H]3[C@H](C2=O)[C@H]2C=C[C@H]3C2)c(Br)c(Br)c1OCC(=O)Nc1ccccc1. The van der Waals surface area contributed by atoms with Gasteiger partial charge in [0.25, 0.3) is 17.7 Å². The number of ether oxygens (including phenoxy) is 2. The summed E-state index contributed by atoms with van der Waals surface area (Å²) in [4.78, 5) is 38.2. The summed E-state index contributed by atoms with van der Waals surface area (Å²) in [7, 11) is 0. The number of hydrogen-bond acceptors (Lipinski definition) is 6. The number of benzene rings is 2. The van der Waals surface area contributed by atoms with Gasteiger partial charge in [-0.3, -0.25) is 14.4 Å². The Labute approximate surface area is 225 Å². The number of nitrogens with one attached hydrogen (secondary N) is 1. The maximum atomic E-state index is 12.9. The highest BCUT2D eigenvalue weighted by Crippen LogP contribution is 2.52. The molecule has 2 aliphatic carbocycles. The van der Waals surface area contributed by atoms with Crippen LogP contribution in [-0.4, -0.2) is 42.2 Å². The first-order valence-corrected chi connectivity index (χ1v) is 13.2. The van der Waals surface area contributed by atoms with Crippen LogP contribution < -0.4 is 14.8 Å². The Kier molecular flexibility index (Phi) is 6.98. The molecule has 4 atom stereocenters. The van der Waals surface area contributed by atoms with Crippen molar-refractivity contribution < 1.29 is 23.9 Å². The van der Waals surface area contributed by atoms with Crippen LogP contribution in [0.5, 0.6) is 11.5 Å². The molecular weight excluding hydrogens is 594 g/mol. The van der Waals surface area contributed by atoms with Gasteiger partial charge in [0.2, 0.25) is 0 Å². The molecule has 36 heavy (non-hydrogen) atoms. The zero-order valence-electron chi connectivity index (χ0n) is 19.3. The highest BCUT2D eigenvalue weighted by molar-refractivity contribution is 9.13. The summed E-state index contributed by atoms with van der Waals surface area (Å²) in [5.41, 5.74) is 1.24. The van der Waals surface area contributed by atoms with Gasteiger partial charge in [0.15, 0.2) is 18.1 Å². The van der Waals surface area contributed by atoms with Gasteiger partial charge >= 0.3 is 0 Å². The molecule has 2 fully saturated rings. The fourth-order valence-electron chi connectivity index (χ4n) is 5.07. The van der Waals surface area contributed by atoms with Gasteiger partial charge in [-0.15, -0.1) is 0 Å². The molecule has 1 heterocycles. The molecule has 2 bridgehead atoms. The lowest BCUT2D eigenvalue weighted by molar-refractivity contribution is -0.140. The smallest absolute Gasteiger partial charge is 0.262 e. The summed E-state index contributed by atoms with van der Waals surface area (Å²) in [5.74, 6) is -0.458. The maximum Gasteiger partial charge on any atom is 0.262 e. The molecule has 1 saturated heterocycles. The number of anilines is 1. The van der Waals surface area contributed by atoms with E-state index in [1.807, 2.05) is 37.3 Å². The number of fused-ring (bicyclic) bond motifs is 5. The van der Waals surface area contributed by atoms with E-state index in [9.17, 15) is 14.4 Å². The predicted octanol–water partition coefficient (Wildman–Crippen LogP) is 4.77. The number of halogens is 2. The predicted molar refractivity (Wildman–Crippen MR) is 141 cm³/mol. The molecule has 0 radical (unpaired) electrons. The van der Waals surface area contributed by atoms with Crippen molar-refractivity contribution in [2.24, 2.45) is 28.8 Å². The molecule has 3 amide bonds. The van der Waals surface area contributed by atoms with Crippen LogP contribution in [0.4, 0.5) is 5.69 Å². The summed E-state index contributed by atoms with van der Waals surface area (Å²) in [6.45, 7) is 1.96. The Morgan fingerprint density at radius 1 is 1.08 bits per heavy atom. The number of amides is 3. The second-order valence-corrected chi connectivity index (χ2v) is 10.4. The zero-order chi connectivity index (χ0) is 25.4. The second-order valence-electron chi connectivity index (χ2n) is 8.79. The molecule has 186 valence electrons. The minimum absolute atomic E-state index is 0.123. The minimum Gasteiger partial charge on any atom is -0.490 e. The van der Waals surface area contributed by atoms with Gasteiger partial charge in [-0.25, -0.2) is 0 Å². The molecular formula is C26H23Br2N3O5. The molecule has 3 aliphatic rings. The van der Waals surface area contributed by atoms with Gasteiger partial charge in [-0.2, -0.15) is 10.1 Å². The van der Waals surface area contributed by atoms with Crippen molar-refractivity contribution in [2.45, 2.75) is 13.3 Å². The van der Waals surface area contributed by atoms with E-state index in [4.69, 9.17) is 9.47 Å². The van der Waals surface area contributed by atoms with E-state index in [2.05, 4.69) is 42.3 Å². The van der Waals surface area contributed by atoms with E-state index >= 15 is 0 Å². The maximum absolute atomic E-state index is 12.9. The lowest BCUT2D eigenvalue weighted by atomic mass is 9.85. The summed E-state index contributed by atoms with van der Waals surface area (Å²) < 4.78 is 12.6. The number of nitrogens with zero attached hydrogens (tertiary/aromatic N) is 2. The topological polar surface area (TPSA) is 97.3 Å². The summed E-state index contributed by atoms with van der Waals surface area (Å²) >= 11 is 7.03. The third kappa shape index (κ3) is 4.48. The lowest BCUT2D eigenvalue weighted by Crippen LogP contribution is -2.28. The third-order valence-electron chi connectivity index (χ3n) is 6.62. The molecule has 1 aliphatic heterocycles. The molecule has 2 aromatic rings. The minimum atomic E-state index is -0.322. The molecule has 1 saturated carbocycles. The quantitative estimate of drug-likeness (QED) is 0.262. The van der Waals surface area contributed by atoms with Crippen LogP contribution >= 0.6 is 31.9 Å². The lowest BCUT2D eigenvalue weighted by Gasteiger charge is -2.16. The van der Waals surface area contributed by atoms with Crippen LogP contribution in [-0.2, 0) is 14.4 Å². The van der Waals surface area contributed by atoms with Gasteiger partial charge < -0.3 is 14.8 Å². The van der Waals surface area contributed by atoms with Crippen molar-refractivity contribution in [1.82, 2.24) is 5.01 Å². The Hall–Kier alpha value is -2.98. The Morgan fingerprint density at radius 2 is 1.75 bits per heavy atom. The van der Waals surface area contributed by atoms with E-state index in [0.717, 1.165) is 11.4 Å². The summed E-state index contributed by atoms with van der Waals surface area (Å²) in [6, 6.07) is 10.8. The number of carbonyl (C=O) groups excluding carboxylic acids is 3. The van der Waals surface area contributed by atoms with Gasteiger partial charge in [-0.1, -0.05) is 30.4 Å². The van der Waals surface area contributed by atoms with Crippen molar-refractivity contribution in [3.8, 4) is 11.5 Å². The van der Waals surface area contributed by atoms with Gasteiger partial charge in [0.1, 0.15) is 0 Å². The number of hydrogen-bond donors (Lipinski definition) is 1. The van der Waals surface area contributed by atoms with Crippen LogP contribution in [0.3, 0.4) is 0 Å². The van der Waals surface area contributed by atoms with Crippen LogP contribution in [0, 0.1) is 23.7 Å². The molecule has 0 unspecified atom stereocenters. The highest BCUT2D eigenvalue weighted by atomic mass is 79.9. The van der Waals surface area contributed by atoms with Crippen LogP contribution in [0.2, 0.25) is 0 Å². The van der Waals surface area contributed by atoms with Crippen molar-refractivity contribution in [3.63, 3.8) is 0 Å². The van der Waals surface area contributed by atoms with Gasteiger partial charge in [-0.05, 0) is 75.2 Å². The van der Waals surface area contributed by atoms with Crippen LogP contribution in [0.1, 0.15) is 18.9 Å². The Morgan fingerprint density at radius 3 is 2.39 bits per heavy atom. The first-order valence-electron chi connectivity index (χ1n) is 11.6. The van der Waals surface area contributed by atoms with E-state index in [0.29, 0.717) is 38.3 Å². The van der Waals surface area contributed by atoms with Crippen molar-refractivity contribution in [3.05, 3.63) is 63.1 Å². The van der Waals surface area contributed by atoms with Crippen LogP contribution in [0.15, 0.2) is 62.6 Å². The molecule has 5 rings (SSSR count). The first-order chi connectivity index (χ1) is 17.4. The zero-order valence-corrected chi connectivity index (χ0v) is 22.5. The molecule has 0 spiro atoms. The summed E-state index contributed by atoms with van der Waals surface area (Å²) in [6.07, 6.45) is 6.41. The Bertz CT molecular complexity index is 1250. The normalized spacial score (nSPS) is 24.0. The van der Waals surface area contributed by atoms with Crippen molar-refractivity contribution >= 4 is 61.5 Å². The number of hydrazone groups is 1. The molecule has 8 nitrogen and oxygen atoms in total. The van der Waals surface area contributed by atoms with Gasteiger partial charge in [0, 0.05) is 15.7 Å². The number of allylic oxidation sites excluding steroid dienone is 2. The monoisotopic (exact) mass is 615 g/mol. The summed E-state index contributed by atoms with van der Waals surface area (Å²) in [5, 5.41) is 8.03. The van der Waals surface area contributed by atoms with Crippen LogP contribution in [0.25, 0.3) is 0 Å². The number of rotatable bonds is 8. The highest BCUT2D eigenvalue weighted by Gasteiger charge is 2.59. The second kappa shape index (κ2) is 10.2. The van der Waals surface area contributed by atoms with Crippen molar-refractivity contribution in [2.75, 3.05) is 18.5 Å². The average molecular weight is 617 g/mol. The molecule has 2 aromatic carbocycles. The van der Waals surface area contributed by atoms with E-state index < -0.39 is 0 Å². The number of para-hydroxylation sites is 1. The number of imide groups is 1. The Balaban J connectivity index is 1.33. The molecule has 10 heteroatoms. The first kappa shape index (κ1) is 24.7. The number of carbonyl (C=O) groups is 3. The molecule has 1 N–H and O–H groups in total. The standard InChI is InChI=1S/C26H23Br2N3O5/c1-2-35-18-11-16(12-29-31-25(33)20-14-8-9-15(10-14)21(20)26(31)34)22(27)23(28)24(18)36-13-19(32)30-17-6-4-3-5-7-17/h3-9,11-12,14-15,20-21H,2,10,13H2,1H3,(H,30,32)/t14-,15-,20-,21+/m0/s1. The average Bonchev–Trinajstić information content (AvgIpc) is 3.55.